The molecule has 1 saturated heterocycles. The first-order valence-electron chi connectivity index (χ1n) is 9.99. The minimum Gasteiger partial charge on any atom is -0.452 e. The lowest BCUT2D eigenvalue weighted by atomic mass is 10.2. The van der Waals surface area contributed by atoms with Gasteiger partial charge in [0.2, 0.25) is 10.0 Å². The van der Waals surface area contributed by atoms with E-state index in [1.807, 2.05) is 44.2 Å². The van der Waals surface area contributed by atoms with Crippen molar-refractivity contribution in [1.82, 2.24) is 9.62 Å². The lowest BCUT2D eigenvalue weighted by molar-refractivity contribution is -0.124. The van der Waals surface area contributed by atoms with Crippen molar-refractivity contribution in [2.45, 2.75) is 37.5 Å². The van der Waals surface area contributed by atoms with Gasteiger partial charge in [-0.25, -0.2) is 13.2 Å². The third kappa shape index (κ3) is 6.13. The van der Waals surface area contributed by atoms with Crippen LogP contribution in [-0.2, 0) is 30.8 Å². The molecule has 0 radical (unpaired) electrons. The number of nitrogens with zero attached hydrogens (tertiary/aromatic N) is 1. The molecule has 1 aliphatic rings. The average Bonchev–Trinajstić information content (AvgIpc) is 2.76. The summed E-state index contributed by atoms with van der Waals surface area (Å²) in [6, 6.07) is 15.0. The molecule has 0 spiro atoms. The van der Waals surface area contributed by atoms with E-state index in [0.29, 0.717) is 6.54 Å². The maximum atomic E-state index is 13.0. The Morgan fingerprint density at radius 1 is 1.06 bits per heavy atom. The molecule has 1 fully saturated rings. The second kappa shape index (κ2) is 10.0. The normalized spacial score (nSPS) is 19.5. The van der Waals surface area contributed by atoms with Gasteiger partial charge in [-0.1, -0.05) is 36.4 Å². The third-order valence-corrected chi connectivity index (χ3v) is 6.59. The van der Waals surface area contributed by atoms with Gasteiger partial charge in [0, 0.05) is 19.6 Å². The maximum Gasteiger partial charge on any atom is 0.338 e. The minimum absolute atomic E-state index is 0.00298. The second-order valence-corrected chi connectivity index (χ2v) is 9.38. The minimum atomic E-state index is -3.79. The van der Waals surface area contributed by atoms with E-state index in [2.05, 4.69) is 5.32 Å². The zero-order valence-corrected chi connectivity index (χ0v) is 18.3. The first-order valence-corrected chi connectivity index (χ1v) is 11.4. The predicted octanol–water partition coefficient (Wildman–Crippen LogP) is 1.96. The summed E-state index contributed by atoms with van der Waals surface area (Å²) in [5, 5.41) is 2.66. The summed E-state index contributed by atoms with van der Waals surface area (Å²) in [6.07, 6.45) is -0.442. The number of carbonyl (C=O) groups is 2. The van der Waals surface area contributed by atoms with Crippen LogP contribution in [0.4, 0.5) is 0 Å². The predicted molar refractivity (Wildman–Crippen MR) is 114 cm³/mol. The number of sulfonamides is 1. The van der Waals surface area contributed by atoms with Crippen molar-refractivity contribution < 1.29 is 27.5 Å². The fourth-order valence-corrected chi connectivity index (χ4v) is 4.96. The zero-order valence-electron chi connectivity index (χ0n) is 17.5. The number of benzene rings is 2. The molecule has 0 aromatic heterocycles. The van der Waals surface area contributed by atoms with Crippen molar-refractivity contribution in [1.29, 1.82) is 0 Å². The topological polar surface area (TPSA) is 102 Å². The molecule has 2 aromatic rings. The molecule has 0 unspecified atom stereocenters. The van der Waals surface area contributed by atoms with Crippen molar-refractivity contribution in [3.05, 3.63) is 65.7 Å². The highest BCUT2D eigenvalue weighted by Gasteiger charge is 2.32. The largest absolute Gasteiger partial charge is 0.452 e. The van der Waals surface area contributed by atoms with E-state index in [1.165, 1.54) is 28.6 Å². The highest BCUT2D eigenvalue weighted by molar-refractivity contribution is 7.89. The van der Waals surface area contributed by atoms with Gasteiger partial charge in [0.1, 0.15) is 0 Å². The second-order valence-electron chi connectivity index (χ2n) is 7.45. The van der Waals surface area contributed by atoms with Crippen LogP contribution in [0.15, 0.2) is 59.5 Å². The number of hydrogen-bond acceptors (Lipinski definition) is 6. The molecule has 1 heterocycles. The molecule has 0 bridgehead atoms. The smallest absolute Gasteiger partial charge is 0.338 e. The Balaban J connectivity index is 1.60. The van der Waals surface area contributed by atoms with Gasteiger partial charge in [-0.05, 0) is 37.6 Å². The van der Waals surface area contributed by atoms with Gasteiger partial charge in [0.05, 0.1) is 22.7 Å². The number of nitrogens with one attached hydrogen (secondary N) is 1. The Morgan fingerprint density at radius 2 is 1.74 bits per heavy atom. The molecule has 8 nitrogen and oxygen atoms in total. The summed E-state index contributed by atoms with van der Waals surface area (Å²) in [4.78, 5) is 24.3. The molecule has 1 amide bonds. The van der Waals surface area contributed by atoms with Crippen LogP contribution in [0, 0.1) is 0 Å². The van der Waals surface area contributed by atoms with Crippen molar-refractivity contribution >= 4 is 21.9 Å². The van der Waals surface area contributed by atoms with Crippen LogP contribution in [0.1, 0.15) is 29.8 Å². The van der Waals surface area contributed by atoms with Crippen LogP contribution in [-0.4, -0.2) is 56.5 Å². The number of rotatable bonds is 7. The summed E-state index contributed by atoms with van der Waals surface area (Å²) in [5.41, 5.74) is 0.984. The van der Waals surface area contributed by atoms with Gasteiger partial charge < -0.3 is 14.8 Å². The highest BCUT2D eigenvalue weighted by Crippen LogP contribution is 2.22. The summed E-state index contributed by atoms with van der Waals surface area (Å²) < 4.78 is 38.0. The number of esters is 1. The van der Waals surface area contributed by atoms with Crippen LogP contribution in [0.3, 0.4) is 0 Å². The molecule has 31 heavy (non-hydrogen) atoms. The first kappa shape index (κ1) is 22.9. The van der Waals surface area contributed by atoms with E-state index in [4.69, 9.17) is 9.47 Å². The zero-order chi connectivity index (χ0) is 22.4. The molecular weight excluding hydrogens is 420 g/mol. The fraction of sp³-hybridized carbons (Fsp3) is 0.364. The lowest BCUT2D eigenvalue weighted by Crippen LogP contribution is -2.48. The van der Waals surface area contributed by atoms with Crippen molar-refractivity contribution in [3.63, 3.8) is 0 Å². The number of morpholine rings is 1. The Bertz CT molecular complexity index is 1020. The summed E-state index contributed by atoms with van der Waals surface area (Å²) >= 11 is 0. The van der Waals surface area contributed by atoms with Gasteiger partial charge in [-0.15, -0.1) is 0 Å². The molecular formula is C22H26N2O6S. The van der Waals surface area contributed by atoms with Crippen LogP contribution < -0.4 is 5.32 Å². The van der Waals surface area contributed by atoms with Gasteiger partial charge in [0.15, 0.2) is 6.61 Å². The molecule has 1 aliphatic heterocycles. The van der Waals surface area contributed by atoms with E-state index in [1.54, 1.807) is 0 Å². The summed E-state index contributed by atoms with van der Waals surface area (Å²) in [6.45, 7) is 3.97. The first-order chi connectivity index (χ1) is 14.8. The van der Waals surface area contributed by atoms with Crippen LogP contribution in [0.25, 0.3) is 0 Å². The Morgan fingerprint density at radius 3 is 2.42 bits per heavy atom. The van der Waals surface area contributed by atoms with Gasteiger partial charge >= 0.3 is 5.97 Å². The number of ether oxygens (including phenoxy) is 2. The van der Waals surface area contributed by atoms with Gasteiger partial charge in [-0.2, -0.15) is 4.31 Å². The summed E-state index contributed by atoms with van der Waals surface area (Å²) in [5.74, 6) is -1.21. The van der Waals surface area contributed by atoms with Crippen molar-refractivity contribution in [2.24, 2.45) is 0 Å². The molecule has 2 aromatic carbocycles. The Kier molecular flexibility index (Phi) is 7.42. The third-order valence-electron chi connectivity index (χ3n) is 4.76. The van der Waals surface area contributed by atoms with E-state index < -0.39 is 28.5 Å². The molecule has 0 aliphatic carbocycles. The molecule has 0 saturated carbocycles. The standard InChI is InChI=1S/C22H26N2O6S/c1-16-13-24(14-17(2)30-16)31(27,28)20-10-6-9-19(11-20)22(26)29-15-21(25)23-12-18-7-4-3-5-8-18/h3-11,16-17H,12-15H2,1-2H3,(H,23,25)/t16-,17+. The average molecular weight is 447 g/mol. The van der Waals surface area contributed by atoms with E-state index in [0.717, 1.165) is 5.56 Å². The quantitative estimate of drug-likeness (QED) is 0.653. The van der Waals surface area contributed by atoms with Crippen molar-refractivity contribution in [2.75, 3.05) is 19.7 Å². The van der Waals surface area contributed by atoms with E-state index in [-0.39, 0.29) is 35.8 Å². The Labute approximate surface area is 182 Å². The van der Waals surface area contributed by atoms with Gasteiger partial charge in [0.25, 0.3) is 5.91 Å². The van der Waals surface area contributed by atoms with Gasteiger partial charge in [-0.3, -0.25) is 4.79 Å². The molecule has 1 N–H and O–H groups in total. The lowest BCUT2D eigenvalue weighted by Gasteiger charge is -2.34. The van der Waals surface area contributed by atoms with Crippen molar-refractivity contribution in [3.8, 4) is 0 Å². The fourth-order valence-electron chi connectivity index (χ4n) is 3.32. The maximum absolute atomic E-state index is 13.0. The number of amides is 1. The van der Waals surface area contributed by atoms with Crippen LogP contribution in [0.2, 0.25) is 0 Å². The van der Waals surface area contributed by atoms with E-state index in [9.17, 15) is 18.0 Å². The van der Waals surface area contributed by atoms with Crippen LogP contribution in [0.5, 0.6) is 0 Å². The molecule has 166 valence electrons. The molecule has 9 heteroatoms. The Hall–Kier alpha value is -2.75. The van der Waals surface area contributed by atoms with Crippen LogP contribution >= 0.6 is 0 Å². The monoisotopic (exact) mass is 446 g/mol. The highest BCUT2D eigenvalue weighted by atomic mass is 32.2. The molecule has 3 rings (SSSR count). The summed E-state index contributed by atoms with van der Waals surface area (Å²) in [7, 11) is -3.79. The number of carbonyl (C=O) groups excluding carboxylic acids is 2. The van der Waals surface area contributed by atoms with E-state index >= 15 is 0 Å². The molecule has 2 atom stereocenters. The number of hydrogen-bond donors (Lipinski definition) is 1. The SMILES string of the molecule is C[C@@H]1CN(S(=O)(=O)c2cccc(C(=O)OCC(=O)NCc3ccccc3)c2)C[C@H](C)O1.